The molecule has 56 heavy (non-hydrogen) atoms. The minimum absolute atomic E-state index is 0.0319. The van der Waals surface area contributed by atoms with Gasteiger partial charge in [-0.15, -0.1) is 0 Å². The third kappa shape index (κ3) is 13.2. The third-order valence-electron chi connectivity index (χ3n) is 10.2. The van der Waals surface area contributed by atoms with Crippen molar-refractivity contribution in [2.45, 2.75) is 152 Å². The van der Waals surface area contributed by atoms with Crippen molar-refractivity contribution in [2.75, 3.05) is 18.9 Å². The molecule has 17 heteroatoms. The number of aliphatic hydroxyl groups is 2. The Hall–Kier alpha value is -3.70. The lowest BCUT2D eigenvalue weighted by Gasteiger charge is -2.30. The van der Waals surface area contributed by atoms with Crippen LogP contribution in [-0.4, -0.2) is 83.3 Å². The van der Waals surface area contributed by atoms with Crippen LogP contribution in [0, 0.1) is 22.7 Å². The van der Waals surface area contributed by atoms with Crippen LogP contribution in [0.15, 0.2) is 36.7 Å². The molecule has 0 bridgehead atoms. The Morgan fingerprint density at radius 3 is 2.14 bits per heavy atom. The topological polar surface area (TPSA) is 252 Å². The molecule has 0 amide bonds. The molecule has 6 atom stereocenters. The molecule has 3 aromatic heterocycles. The summed E-state index contributed by atoms with van der Waals surface area (Å²) in [6.07, 6.45) is 13.4. The number of anilines is 1. The van der Waals surface area contributed by atoms with E-state index in [9.17, 15) is 35.1 Å². The van der Waals surface area contributed by atoms with Crippen molar-refractivity contribution in [2.24, 2.45) is 0 Å². The Kier molecular flexibility index (Phi) is 18.4. The zero-order valence-corrected chi connectivity index (χ0v) is 33.2. The van der Waals surface area contributed by atoms with Crippen molar-refractivity contribution in [3.8, 4) is 18.0 Å². The normalized spacial score (nSPS) is 20.8. The Morgan fingerprint density at radius 2 is 1.55 bits per heavy atom. The lowest BCUT2D eigenvalue weighted by Crippen LogP contribution is -2.43. The molecule has 1 fully saturated rings. The molecule has 1 unspecified atom stereocenters. The van der Waals surface area contributed by atoms with E-state index in [4.69, 9.17) is 24.5 Å². The number of nitrogens with two attached hydrogens (primary N) is 1. The van der Waals surface area contributed by atoms with Crippen molar-refractivity contribution in [1.82, 2.24) is 19.6 Å². The molecule has 1 aliphatic heterocycles. The van der Waals surface area contributed by atoms with E-state index in [-0.39, 0.29) is 36.1 Å². The van der Waals surface area contributed by atoms with Gasteiger partial charge in [-0.05, 0) is 24.6 Å². The summed E-state index contributed by atoms with van der Waals surface area (Å²) in [5, 5.41) is 46.6. The maximum absolute atomic E-state index is 11.8. The maximum atomic E-state index is 11.8. The summed E-state index contributed by atoms with van der Waals surface area (Å²) in [6.45, 7) is 1.80. The minimum Gasteiger partial charge on any atom is -0.469 e. The lowest BCUT2D eigenvalue weighted by atomic mass is 9.91. The molecule has 4 rings (SSSR count). The van der Waals surface area contributed by atoms with Crippen LogP contribution in [0.4, 0.5) is 5.82 Å². The van der Waals surface area contributed by atoms with Gasteiger partial charge in [-0.3, -0.25) is 4.52 Å². The quantitative estimate of drug-likeness (QED) is 0.0437. The molecule has 0 aliphatic carbocycles. The van der Waals surface area contributed by atoms with E-state index in [2.05, 4.69) is 22.0 Å². The smallest absolute Gasteiger partial charge is 0.469 e. The first-order valence-corrected chi connectivity index (χ1v) is 21.5. The van der Waals surface area contributed by atoms with Gasteiger partial charge < -0.3 is 39.9 Å². The highest BCUT2D eigenvalue weighted by atomic mass is 31.2. The van der Waals surface area contributed by atoms with Gasteiger partial charge in [-0.2, -0.15) is 15.6 Å². The number of phosphoric ester groups is 1. The number of unbranched alkanes of at least 4 members (excludes halogenated alkanes) is 15. The first-order chi connectivity index (χ1) is 27.0. The van der Waals surface area contributed by atoms with Crippen LogP contribution < -0.4 is 10.5 Å². The van der Waals surface area contributed by atoms with Crippen molar-refractivity contribution in [1.29, 1.82) is 10.5 Å². The molecule has 4 heterocycles. The Balaban J connectivity index is 1.38. The van der Waals surface area contributed by atoms with Gasteiger partial charge in [-0.1, -0.05) is 109 Å². The van der Waals surface area contributed by atoms with Gasteiger partial charge in [0.15, 0.2) is 11.9 Å². The zero-order chi connectivity index (χ0) is 40.4. The van der Waals surface area contributed by atoms with Gasteiger partial charge in [-0.25, -0.2) is 19.0 Å². The van der Waals surface area contributed by atoms with Gasteiger partial charge >= 0.3 is 7.82 Å². The molecular formula is C39H58N7O9P. The lowest BCUT2D eigenvalue weighted by molar-refractivity contribution is -0.0986. The highest BCUT2D eigenvalue weighted by Gasteiger charge is 2.58. The van der Waals surface area contributed by atoms with E-state index < -0.39 is 50.6 Å². The van der Waals surface area contributed by atoms with Crippen LogP contribution in [0.25, 0.3) is 5.52 Å². The predicted octanol–water partition coefficient (Wildman–Crippen LogP) is 6.01. The molecular weight excluding hydrogens is 741 g/mol. The van der Waals surface area contributed by atoms with Crippen LogP contribution in [-0.2, 0) is 24.2 Å². The Morgan fingerprint density at radius 1 is 0.929 bits per heavy atom. The summed E-state index contributed by atoms with van der Waals surface area (Å²) in [7, 11) is -4.99. The number of rotatable bonds is 27. The molecule has 1 saturated heterocycles. The van der Waals surface area contributed by atoms with Gasteiger partial charge in [0.1, 0.15) is 41.9 Å². The number of aromatic nitrogens is 4. The van der Waals surface area contributed by atoms with Crippen molar-refractivity contribution < 1.29 is 43.3 Å². The summed E-state index contributed by atoms with van der Waals surface area (Å²) < 4.78 is 36.5. The van der Waals surface area contributed by atoms with Crippen LogP contribution >= 0.6 is 7.82 Å². The van der Waals surface area contributed by atoms with E-state index in [1.807, 2.05) is 12.1 Å². The summed E-state index contributed by atoms with van der Waals surface area (Å²) in [4.78, 5) is 27.2. The second-order valence-corrected chi connectivity index (χ2v) is 15.7. The second-order valence-electron chi connectivity index (χ2n) is 14.5. The number of hydrogen-bond donors (Lipinski definition) is 5. The Labute approximate surface area is 329 Å². The van der Waals surface area contributed by atoms with E-state index >= 15 is 0 Å². The number of nitriles is 2. The molecule has 0 spiro atoms. The predicted molar refractivity (Wildman–Crippen MR) is 207 cm³/mol. The summed E-state index contributed by atoms with van der Waals surface area (Å²) >= 11 is 0. The largest absolute Gasteiger partial charge is 0.469 e. The molecule has 0 saturated carbocycles. The fourth-order valence-corrected chi connectivity index (χ4v) is 7.47. The minimum atomic E-state index is -4.99. The zero-order valence-electron chi connectivity index (χ0n) is 32.3. The van der Waals surface area contributed by atoms with Gasteiger partial charge in [0, 0.05) is 19.1 Å². The number of phosphoric acid groups is 1. The van der Waals surface area contributed by atoms with Crippen LogP contribution in [0.3, 0.4) is 0 Å². The molecule has 0 radical (unpaired) electrons. The fraction of sp³-hybridized carbons (Fsp3) is 0.667. The van der Waals surface area contributed by atoms with Crippen LogP contribution in [0.1, 0.15) is 127 Å². The molecule has 1 aliphatic rings. The van der Waals surface area contributed by atoms with Gasteiger partial charge in [0.25, 0.3) is 0 Å². The van der Waals surface area contributed by atoms with Crippen molar-refractivity contribution in [3.63, 3.8) is 0 Å². The number of aliphatic hydroxyl groups excluding tert-OH is 2. The van der Waals surface area contributed by atoms with Crippen LogP contribution in [0.5, 0.6) is 5.88 Å². The van der Waals surface area contributed by atoms with E-state index in [0.29, 0.717) is 11.9 Å². The number of fused-ring (bicyclic) bond motifs is 1. The third-order valence-corrected chi connectivity index (χ3v) is 10.7. The summed E-state index contributed by atoms with van der Waals surface area (Å²) in [5.41, 5.74) is 4.42. The van der Waals surface area contributed by atoms with E-state index in [1.54, 1.807) is 6.07 Å². The van der Waals surface area contributed by atoms with E-state index in [1.165, 1.54) is 112 Å². The second kappa shape index (κ2) is 22.9. The number of pyridine rings is 1. The molecule has 6 N–H and O–H groups in total. The molecule has 308 valence electrons. The number of nitrogens with zero attached hydrogens (tertiary/aromatic N) is 6. The van der Waals surface area contributed by atoms with Crippen molar-refractivity contribution in [3.05, 3.63) is 48.0 Å². The highest BCUT2D eigenvalue weighted by molar-refractivity contribution is 7.46. The summed E-state index contributed by atoms with van der Waals surface area (Å²) in [5.74, 6) is 0.0983. The monoisotopic (exact) mass is 799 g/mol. The number of ether oxygens (including phenoxy) is 3. The molecule has 0 aromatic carbocycles. The molecule has 3 aromatic rings. The van der Waals surface area contributed by atoms with Crippen LogP contribution in [0.2, 0.25) is 0 Å². The standard InChI is InChI=1S/C39H58N7O9P/c1-2-3-4-5-6-7-8-9-10-11-12-13-14-15-16-17-23-52-31(33(26-53-56(49,50)51)54-35-20-18-19-29(25-40)45-35)24-32-36(47)37(48)39(27-41,55-32)34-22-21-30-38(42)43-28-44-46(30)34/h18-22,28,31-33,36-37,47-48H,2-17,23-24,26H2,1H3,(H2,42,43,44)(H2,49,50,51)/t31?,32-,33-,36-,37-,39+/m1/s1. The van der Waals surface area contributed by atoms with Gasteiger partial charge in [0.05, 0.1) is 24.5 Å². The number of nitrogen functional groups attached to an aromatic ring is 1. The SMILES string of the molecule is CCCCCCCCCCCCCCCCCCOC(C[C@H]1O[C@@](C#N)(c2ccc3c(N)ncnn23)[C@H](O)[C@@H]1O)[C@@H](COP(=O)(O)O)Oc1cccc(C#N)n1. The van der Waals surface area contributed by atoms with E-state index in [0.717, 1.165) is 19.3 Å². The van der Waals surface area contributed by atoms with Gasteiger partial charge in [0.2, 0.25) is 11.5 Å². The average molecular weight is 800 g/mol. The highest BCUT2D eigenvalue weighted by Crippen LogP contribution is 2.42. The maximum Gasteiger partial charge on any atom is 0.469 e. The van der Waals surface area contributed by atoms with Crippen molar-refractivity contribution >= 4 is 19.2 Å². The first kappa shape index (κ1) is 45.0. The Bertz CT molecular complexity index is 1760. The average Bonchev–Trinajstić information content (AvgIpc) is 3.73. The summed E-state index contributed by atoms with van der Waals surface area (Å²) in [6, 6.07) is 11.5. The first-order valence-electron chi connectivity index (χ1n) is 19.9. The number of hydrogen-bond acceptors (Lipinski definition) is 13. The fourth-order valence-electron chi connectivity index (χ4n) is 7.13. The molecule has 16 nitrogen and oxygen atoms in total.